The van der Waals surface area contributed by atoms with Gasteiger partial charge in [-0.3, -0.25) is 14.4 Å². The number of benzene rings is 2. The van der Waals surface area contributed by atoms with E-state index in [-0.39, 0.29) is 37.0 Å². The van der Waals surface area contributed by atoms with Crippen molar-refractivity contribution in [2.45, 2.75) is 64.1 Å². The Bertz CT molecular complexity index is 1160. The average molecular weight is 525 g/mol. The standard InChI is InChI=1S/C28H36N4O6/c1-17(2)13-23(26(35)30-21(16-33)14-20-10-6-12-29-25(20)34)31-27(36)24(32-28(37)38)15-19-9-5-8-18-7-3-4-11-22(18)19/h3-5,7-9,11,16-17,20-21,23-24,32H,6,10,12-15H2,1-2H3,(H,29,34)(H,30,35)(H,31,36)(H,37,38)/t20-,21-,23-,24-/m0/s1. The Labute approximate surface area is 221 Å². The first-order valence-electron chi connectivity index (χ1n) is 13.0. The predicted octanol–water partition coefficient (Wildman–Crippen LogP) is 2.15. The highest BCUT2D eigenvalue weighted by atomic mass is 16.4. The SMILES string of the molecule is CC(C)C[C@H](NC(=O)[C@H](Cc1cccc2ccccc12)NC(=O)O)C(=O)N[C@H](C=O)C[C@@H]1CCCNC1=O. The molecular formula is C28H36N4O6. The monoisotopic (exact) mass is 524 g/mol. The van der Waals surface area contributed by atoms with Gasteiger partial charge in [0.15, 0.2) is 0 Å². The number of carboxylic acid groups (broad SMARTS) is 1. The molecule has 0 radical (unpaired) electrons. The highest BCUT2D eigenvalue weighted by Gasteiger charge is 2.31. The molecule has 4 amide bonds. The lowest BCUT2D eigenvalue weighted by Crippen LogP contribution is -2.56. The molecule has 0 aliphatic carbocycles. The van der Waals surface area contributed by atoms with Gasteiger partial charge in [0, 0.05) is 18.9 Å². The van der Waals surface area contributed by atoms with E-state index in [0.29, 0.717) is 19.3 Å². The maximum absolute atomic E-state index is 13.3. The Hall–Kier alpha value is -3.95. The zero-order chi connectivity index (χ0) is 27.7. The molecule has 2 aromatic rings. The van der Waals surface area contributed by atoms with Crippen molar-refractivity contribution in [3.05, 3.63) is 48.0 Å². The van der Waals surface area contributed by atoms with E-state index in [1.165, 1.54) is 0 Å². The van der Waals surface area contributed by atoms with Gasteiger partial charge in [0.05, 0.1) is 6.04 Å². The fourth-order valence-electron chi connectivity index (χ4n) is 4.82. The van der Waals surface area contributed by atoms with Gasteiger partial charge in [-0.15, -0.1) is 0 Å². The summed E-state index contributed by atoms with van der Waals surface area (Å²) in [7, 11) is 0. The molecule has 0 bridgehead atoms. The minimum absolute atomic E-state index is 0.0220. The first-order chi connectivity index (χ1) is 18.2. The highest BCUT2D eigenvalue weighted by Crippen LogP contribution is 2.20. The van der Waals surface area contributed by atoms with Crippen LogP contribution in [0.5, 0.6) is 0 Å². The maximum Gasteiger partial charge on any atom is 0.405 e. The summed E-state index contributed by atoms with van der Waals surface area (Å²) in [6.45, 7) is 4.37. The van der Waals surface area contributed by atoms with Crippen LogP contribution in [0.1, 0.15) is 45.1 Å². The number of amides is 4. The predicted molar refractivity (Wildman–Crippen MR) is 142 cm³/mol. The van der Waals surface area contributed by atoms with Crippen molar-refractivity contribution in [1.82, 2.24) is 21.3 Å². The second-order valence-corrected chi connectivity index (χ2v) is 10.2. The maximum atomic E-state index is 13.3. The highest BCUT2D eigenvalue weighted by molar-refractivity contribution is 5.93. The first-order valence-corrected chi connectivity index (χ1v) is 13.0. The summed E-state index contributed by atoms with van der Waals surface area (Å²) in [4.78, 5) is 61.8. The summed E-state index contributed by atoms with van der Waals surface area (Å²) in [6.07, 6.45) is 1.22. The van der Waals surface area contributed by atoms with Crippen LogP contribution >= 0.6 is 0 Å². The summed E-state index contributed by atoms with van der Waals surface area (Å²) in [5.74, 6) is -1.69. The number of aldehydes is 1. The largest absolute Gasteiger partial charge is 0.465 e. The lowest BCUT2D eigenvalue weighted by atomic mass is 9.91. The molecular weight excluding hydrogens is 488 g/mol. The number of carbonyl (C=O) groups excluding carboxylic acids is 4. The van der Waals surface area contributed by atoms with Crippen molar-refractivity contribution in [2.24, 2.45) is 11.8 Å². The fourth-order valence-corrected chi connectivity index (χ4v) is 4.82. The topological polar surface area (TPSA) is 154 Å². The van der Waals surface area contributed by atoms with Gasteiger partial charge in [0.1, 0.15) is 18.4 Å². The summed E-state index contributed by atoms with van der Waals surface area (Å²) in [6, 6.07) is 10.2. The fraction of sp³-hybridized carbons (Fsp3) is 0.464. The Balaban J connectivity index is 1.74. The number of hydrogen-bond acceptors (Lipinski definition) is 5. The quantitative estimate of drug-likeness (QED) is 0.268. The van der Waals surface area contributed by atoms with Crippen molar-refractivity contribution in [2.75, 3.05) is 6.54 Å². The van der Waals surface area contributed by atoms with Gasteiger partial charge in [-0.1, -0.05) is 56.3 Å². The van der Waals surface area contributed by atoms with Crippen LogP contribution in [0.25, 0.3) is 10.8 Å². The molecule has 1 saturated heterocycles. The van der Waals surface area contributed by atoms with Crippen molar-refractivity contribution in [3.63, 3.8) is 0 Å². The van der Waals surface area contributed by atoms with Crippen LogP contribution in [0.15, 0.2) is 42.5 Å². The van der Waals surface area contributed by atoms with Crippen molar-refractivity contribution in [1.29, 1.82) is 0 Å². The van der Waals surface area contributed by atoms with E-state index in [1.54, 1.807) is 0 Å². The van der Waals surface area contributed by atoms with Crippen LogP contribution in [0.2, 0.25) is 0 Å². The van der Waals surface area contributed by atoms with E-state index >= 15 is 0 Å². The third-order valence-electron chi connectivity index (χ3n) is 6.69. The molecule has 0 aromatic heterocycles. The van der Waals surface area contributed by atoms with E-state index < -0.39 is 36.0 Å². The smallest absolute Gasteiger partial charge is 0.405 e. The van der Waals surface area contributed by atoms with E-state index in [2.05, 4.69) is 21.3 Å². The molecule has 5 N–H and O–H groups in total. The molecule has 1 aliphatic rings. The number of nitrogens with one attached hydrogen (secondary N) is 4. The van der Waals surface area contributed by atoms with Crippen LogP contribution in [-0.4, -0.2) is 59.9 Å². The zero-order valence-electron chi connectivity index (χ0n) is 21.7. The van der Waals surface area contributed by atoms with E-state index in [4.69, 9.17) is 0 Å². The molecule has 1 fully saturated rings. The van der Waals surface area contributed by atoms with Crippen molar-refractivity contribution in [3.8, 4) is 0 Å². The van der Waals surface area contributed by atoms with Gasteiger partial charge >= 0.3 is 6.09 Å². The lowest BCUT2D eigenvalue weighted by molar-refractivity contribution is -0.132. The molecule has 1 heterocycles. The molecule has 204 valence electrons. The van der Waals surface area contributed by atoms with Gasteiger partial charge in [0.25, 0.3) is 0 Å². The molecule has 10 heteroatoms. The number of hydrogen-bond donors (Lipinski definition) is 5. The van der Waals surface area contributed by atoms with Crippen molar-refractivity contribution < 1.29 is 29.1 Å². The van der Waals surface area contributed by atoms with E-state index in [9.17, 15) is 29.1 Å². The number of piperidine rings is 1. The molecule has 2 aromatic carbocycles. The zero-order valence-corrected chi connectivity index (χ0v) is 21.7. The summed E-state index contributed by atoms with van der Waals surface area (Å²) >= 11 is 0. The number of rotatable bonds is 12. The molecule has 0 spiro atoms. The summed E-state index contributed by atoms with van der Waals surface area (Å²) < 4.78 is 0. The molecule has 3 rings (SSSR count). The number of fused-ring (bicyclic) bond motifs is 1. The minimum Gasteiger partial charge on any atom is -0.465 e. The Morgan fingerprint density at radius 2 is 1.74 bits per heavy atom. The third-order valence-corrected chi connectivity index (χ3v) is 6.69. The summed E-state index contributed by atoms with van der Waals surface area (Å²) in [5, 5.41) is 21.7. The van der Waals surface area contributed by atoms with E-state index in [1.807, 2.05) is 56.3 Å². The van der Waals surface area contributed by atoms with Crippen LogP contribution in [-0.2, 0) is 25.6 Å². The van der Waals surface area contributed by atoms with Gasteiger partial charge in [-0.05, 0) is 47.9 Å². The van der Waals surface area contributed by atoms with Gasteiger partial charge in [-0.25, -0.2) is 4.79 Å². The van der Waals surface area contributed by atoms with Gasteiger partial charge < -0.3 is 31.2 Å². The molecule has 38 heavy (non-hydrogen) atoms. The second-order valence-electron chi connectivity index (χ2n) is 10.2. The third kappa shape index (κ3) is 8.03. The Morgan fingerprint density at radius 3 is 2.42 bits per heavy atom. The number of carbonyl (C=O) groups is 5. The Kier molecular flexibility index (Phi) is 10.2. The van der Waals surface area contributed by atoms with Crippen LogP contribution in [0.4, 0.5) is 4.79 Å². The van der Waals surface area contributed by atoms with Crippen LogP contribution in [0.3, 0.4) is 0 Å². The van der Waals surface area contributed by atoms with Gasteiger partial charge in [-0.2, -0.15) is 0 Å². The first kappa shape index (κ1) is 28.6. The van der Waals surface area contributed by atoms with Gasteiger partial charge in [0.2, 0.25) is 17.7 Å². The molecule has 0 unspecified atom stereocenters. The Morgan fingerprint density at radius 1 is 1.03 bits per heavy atom. The van der Waals surface area contributed by atoms with Crippen LogP contribution < -0.4 is 21.3 Å². The minimum atomic E-state index is -1.36. The van der Waals surface area contributed by atoms with Crippen molar-refractivity contribution >= 4 is 40.9 Å². The molecule has 1 aliphatic heterocycles. The molecule has 10 nitrogen and oxygen atoms in total. The second kappa shape index (κ2) is 13.6. The molecule has 4 atom stereocenters. The summed E-state index contributed by atoms with van der Waals surface area (Å²) in [5.41, 5.74) is 0.786. The van der Waals surface area contributed by atoms with Crippen LogP contribution in [0, 0.1) is 11.8 Å². The average Bonchev–Trinajstić information content (AvgIpc) is 2.88. The van der Waals surface area contributed by atoms with E-state index in [0.717, 1.165) is 22.8 Å². The molecule has 0 saturated carbocycles. The normalized spacial score (nSPS) is 17.7. The lowest BCUT2D eigenvalue weighted by Gasteiger charge is -2.27.